The Balaban J connectivity index is 0.000000507. The van der Waals surface area contributed by atoms with Crippen LogP contribution in [0, 0.1) is 0 Å². The van der Waals surface area contributed by atoms with Crippen molar-refractivity contribution in [2.75, 3.05) is 33.5 Å². The van der Waals surface area contributed by atoms with E-state index in [0.29, 0.717) is 31.7 Å². The molecule has 11 heteroatoms. The van der Waals surface area contributed by atoms with Crippen molar-refractivity contribution >= 4 is 17.9 Å². The van der Waals surface area contributed by atoms with Gasteiger partial charge in [-0.2, -0.15) is 0 Å². The number of carboxylic acids is 1. The molecule has 11 nitrogen and oxygen atoms in total. The molecule has 0 heterocycles. The van der Waals surface area contributed by atoms with Gasteiger partial charge in [0.1, 0.15) is 17.6 Å². The SMILES string of the molecule is C=CC(=O)O.C=CC(=O)OCCCCCCOc1ccc(C2CCC(OC(=O)C=C)CC2)cc1.CO.OCCCCCCOc1ccc(C2CCC(O)CC2)cc1. The van der Waals surface area contributed by atoms with Gasteiger partial charge in [-0.3, -0.25) is 0 Å². The molecule has 4 rings (SSSR count). The second kappa shape index (κ2) is 32.6. The molecule has 0 unspecified atom stereocenters. The fourth-order valence-corrected chi connectivity index (χ4v) is 6.54. The van der Waals surface area contributed by atoms with E-state index in [0.717, 1.165) is 134 Å². The molecule has 2 aliphatic carbocycles. The van der Waals surface area contributed by atoms with Crippen LogP contribution in [0.25, 0.3) is 0 Å². The van der Waals surface area contributed by atoms with Gasteiger partial charge in [0.2, 0.25) is 0 Å². The Labute approximate surface area is 340 Å². The molecule has 0 spiro atoms. The van der Waals surface area contributed by atoms with Crippen LogP contribution < -0.4 is 9.47 Å². The van der Waals surface area contributed by atoms with Crippen LogP contribution in [-0.2, 0) is 23.9 Å². The van der Waals surface area contributed by atoms with E-state index in [4.69, 9.17) is 34.3 Å². The van der Waals surface area contributed by atoms with Gasteiger partial charge in [0.05, 0.1) is 25.9 Å². The van der Waals surface area contributed by atoms with Crippen LogP contribution in [0.4, 0.5) is 0 Å². The standard InChI is InChI=1S/C24H32O5.C18H28O3.C3H4O2.CH4O/c1-3-23(25)28-18-8-6-5-7-17-27-21-13-9-19(10-14-21)20-11-15-22(16-12-20)29-24(26)4-2;19-13-3-1-2-4-14-21-18-11-7-16(8-12-18)15-5-9-17(20)10-6-15;1-2-3(4)5;1-2/h3-4,9-10,13-14,20,22H,1-2,5-8,11-12,15-18H2;7-8,11-12,15,17,19-20H,1-6,9-10,13-14H2;2H,1H2,(H,4,5);2H,1H3. The van der Waals surface area contributed by atoms with Gasteiger partial charge < -0.3 is 39.4 Å². The van der Waals surface area contributed by atoms with E-state index in [1.165, 1.54) is 23.3 Å². The van der Waals surface area contributed by atoms with Crippen molar-refractivity contribution in [3.8, 4) is 11.5 Å². The first-order chi connectivity index (χ1) is 27.7. The van der Waals surface area contributed by atoms with Crippen LogP contribution in [-0.4, -0.2) is 84.1 Å². The highest BCUT2D eigenvalue weighted by atomic mass is 16.5. The maximum Gasteiger partial charge on any atom is 0.330 e. The van der Waals surface area contributed by atoms with Gasteiger partial charge >= 0.3 is 17.9 Å². The molecule has 2 aromatic carbocycles. The summed E-state index contributed by atoms with van der Waals surface area (Å²) >= 11 is 0. The predicted octanol–water partition coefficient (Wildman–Crippen LogP) is 8.61. The molecule has 2 fully saturated rings. The van der Waals surface area contributed by atoms with Gasteiger partial charge in [-0.15, -0.1) is 0 Å². The number of aliphatic carboxylic acids is 1. The fraction of sp³-hybridized carbons (Fsp3) is 0.543. The fourth-order valence-electron chi connectivity index (χ4n) is 6.54. The van der Waals surface area contributed by atoms with E-state index < -0.39 is 5.97 Å². The van der Waals surface area contributed by atoms with Gasteiger partial charge in [-0.05, 0) is 144 Å². The maximum absolute atomic E-state index is 11.3. The van der Waals surface area contributed by atoms with Gasteiger partial charge in [0.15, 0.2) is 0 Å². The molecule has 57 heavy (non-hydrogen) atoms. The minimum Gasteiger partial charge on any atom is -0.494 e. The second-order valence-electron chi connectivity index (χ2n) is 13.9. The summed E-state index contributed by atoms with van der Waals surface area (Å²) in [6.07, 6.45) is 19.1. The number of carboxylic acid groups (broad SMARTS) is 1. The third-order valence-electron chi connectivity index (χ3n) is 9.74. The lowest BCUT2D eigenvalue weighted by molar-refractivity contribution is -0.144. The van der Waals surface area contributed by atoms with Crippen molar-refractivity contribution in [3.63, 3.8) is 0 Å². The highest BCUT2D eigenvalue weighted by Crippen LogP contribution is 2.35. The van der Waals surface area contributed by atoms with Crippen molar-refractivity contribution in [3.05, 3.63) is 97.6 Å². The smallest absolute Gasteiger partial charge is 0.330 e. The largest absolute Gasteiger partial charge is 0.494 e. The van der Waals surface area contributed by atoms with Crippen LogP contribution >= 0.6 is 0 Å². The number of hydrogen-bond donors (Lipinski definition) is 4. The normalized spacial score (nSPS) is 18.2. The molecule has 0 atom stereocenters. The Kier molecular flexibility index (Phi) is 28.9. The summed E-state index contributed by atoms with van der Waals surface area (Å²) in [5.74, 6) is 1.27. The molecule has 0 bridgehead atoms. The van der Waals surface area contributed by atoms with Crippen molar-refractivity contribution in [2.24, 2.45) is 0 Å². The lowest BCUT2D eigenvalue weighted by atomic mass is 9.83. The van der Waals surface area contributed by atoms with E-state index in [-0.39, 0.29) is 24.1 Å². The van der Waals surface area contributed by atoms with Crippen LogP contribution in [0.1, 0.15) is 126 Å². The first-order valence-electron chi connectivity index (χ1n) is 20.4. The van der Waals surface area contributed by atoms with Crippen LogP contribution in [0.2, 0.25) is 0 Å². The minimum atomic E-state index is -0.981. The molecular formula is C46H68O11. The van der Waals surface area contributed by atoms with Crippen molar-refractivity contribution in [1.82, 2.24) is 0 Å². The molecular weight excluding hydrogens is 728 g/mol. The summed E-state index contributed by atoms with van der Waals surface area (Å²) in [6, 6.07) is 16.8. The molecule has 0 saturated heterocycles. The third kappa shape index (κ3) is 24.0. The number of hydrogen-bond acceptors (Lipinski definition) is 10. The Hall–Kier alpha value is -4.45. The molecule has 2 saturated carbocycles. The third-order valence-corrected chi connectivity index (χ3v) is 9.74. The van der Waals surface area contributed by atoms with Gasteiger partial charge in [-0.25, -0.2) is 14.4 Å². The number of benzene rings is 2. The Morgan fingerprint density at radius 3 is 1.40 bits per heavy atom. The van der Waals surface area contributed by atoms with E-state index in [1.807, 2.05) is 12.1 Å². The summed E-state index contributed by atoms with van der Waals surface area (Å²) in [6.45, 7) is 11.9. The lowest BCUT2D eigenvalue weighted by Crippen LogP contribution is -2.23. The summed E-state index contributed by atoms with van der Waals surface area (Å²) in [4.78, 5) is 31.5. The zero-order valence-electron chi connectivity index (χ0n) is 34.1. The minimum absolute atomic E-state index is 0.0217. The number of aliphatic hydroxyl groups excluding tert-OH is 3. The summed E-state index contributed by atoms with van der Waals surface area (Å²) in [7, 11) is 1.00. The molecule has 318 valence electrons. The number of ether oxygens (including phenoxy) is 4. The summed E-state index contributed by atoms with van der Waals surface area (Å²) < 4.78 is 21.8. The zero-order valence-corrected chi connectivity index (χ0v) is 34.1. The van der Waals surface area contributed by atoms with Crippen LogP contribution in [0.15, 0.2) is 86.5 Å². The Morgan fingerprint density at radius 1 is 0.596 bits per heavy atom. The van der Waals surface area contributed by atoms with Crippen molar-refractivity contribution < 1.29 is 53.8 Å². The van der Waals surface area contributed by atoms with Crippen molar-refractivity contribution in [1.29, 1.82) is 0 Å². The van der Waals surface area contributed by atoms with Crippen molar-refractivity contribution in [2.45, 2.75) is 127 Å². The molecule has 2 aliphatic rings. The monoisotopic (exact) mass is 796 g/mol. The average Bonchev–Trinajstić information content (AvgIpc) is 3.25. The van der Waals surface area contributed by atoms with Gasteiger partial charge in [0, 0.05) is 31.9 Å². The number of esters is 2. The Morgan fingerprint density at radius 2 is 1.00 bits per heavy atom. The lowest BCUT2D eigenvalue weighted by Gasteiger charge is -2.28. The molecule has 0 radical (unpaired) electrons. The molecule has 2 aromatic rings. The number of carbonyl (C=O) groups is 3. The molecule has 0 aliphatic heterocycles. The first-order valence-corrected chi connectivity index (χ1v) is 20.4. The first kappa shape index (κ1) is 50.6. The number of aliphatic hydroxyl groups is 3. The number of carbonyl (C=O) groups excluding carboxylic acids is 2. The number of unbranched alkanes of at least 4 members (excludes halogenated alkanes) is 6. The Bertz CT molecular complexity index is 1370. The highest BCUT2D eigenvalue weighted by molar-refractivity contribution is 5.81. The molecule has 0 amide bonds. The summed E-state index contributed by atoms with van der Waals surface area (Å²) in [5, 5.41) is 32.9. The van der Waals surface area contributed by atoms with Crippen LogP contribution in [0.3, 0.4) is 0 Å². The summed E-state index contributed by atoms with van der Waals surface area (Å²) in [5.41, 5.74) is 2.69. The van der Waals surface area contributed by atoms with E-state index in [1.54, 1.807) is 0 Å². The zero-order chi connectivity index (χ0) is 42.1. The van der Waals surface area contributed by atoms with Gasteiger partial charge in [-0.1, -0.05) is 50.4 Å². The van der Waals surface area contributed by atoms with Crippen LogP contribution in [0.5, 0.6) is 11.5 Å². The molecule has 4 N–H and O–H groups in total. The maximum atomic E-state index is 11.3. The van der Waals surface area contributed by atoms with Gasteiger partial charge in [0.25, 0.3) is 0 Å². The molecule has 0 aromatic heterocycles. The quantitative estimate of drug-likeness (QED) is 0.0542. The van der Waals surface area contributed by atoms with E-state index in [2.05, 4.69) is 56.1 Å². The van der Waals surface area contributed by atoms with E-state index >= 15 is 0 Å². The second-order valence-corrected chi connectivity index (χ2v) is 13.9. The predicted molar refractivity (Wildman–Crippen MR) is 224 cm³/mol. The van der Waals surface area contributed by atoms with E-state index in [9.17, 15) is 19.5 Å². The topological polar surface area (TPSA) is 169 Å². The average molecular weight is 797 g/mol. The number of rotatable bonds is 21. The highest BCUT2D eigenvalue weighted by Gasteiger charge is 2.24.